The number of amides is 5. The SMILES string of the molecule is CN(Cc1ccc2c(c1)C(=O)N(N1CCC(=O)NC1=O)C2=O)C1CCN(c2ccc(Nc3ncc(C(F)(F)F)c(NCc4nccnc4N(C)S(C)(=O)=O)n3)cc2)CC1. The lowest BCUT2D eigenvalue weighted by molar-refractivity contribution is -0.137. The zero-order chi connectivity index (χ0) is 42.2. The molecule has 0 unspecified atom stereocenters. The molecular weight excluding hydrogens is 798 g/mol. The van der Waals surface area contributed by atoms with Gasteiger partial charge in [-0.05, 0) is 61.9 Å². The summed E-state index contributed by atoms with van der Waals surface area (Å²) in [6.07, 6.45) is 1.07. The quantitative estimate of drug-likeness (QED) is 0.175. The van der Waals surface area contributed by atoms with Gasteiger partial charge in [-0.1, -0.05) is 6.07 Å². The molecule has 0 atom stereocenters. The lowest BCUT2D eigenvalue weighted by Crippen LogP contribution is -2.58. The van der Waals surface area contributed by atoms with Crippen molar-refractivity contribution < 1.29 is 40.8 Å². The molecule has 2 fully saturated rings. The summed E-state index contributed by atoms with van der Waals surface area (Å²) in [6, 6.07) is 11.8. The molecule has 18 nitrogen and oxygen atoms in total. The summed E-state index contributed by atoms with van der Waals surface area (Å²) in [4.78, 5) is 70.7. The van der Waals surface area contributed by atoms with Crippen LogP contribution in [0.3, 0.4) is 0 Å². The lowest BCUT2D eigenvalue weighted by atomic mass is 10.0. The fourth-order valence-corrected chi connectivity index (χ4v) is 7.53. The van der Waals surface area contributed by atoms with Crippen molar-refractivity contribution in [2.45, 2.75) is 44.6 Å². The van der Waals surface area contributed by atoms with Crippen molar-refractivity contribution in [3.05, 3.63) is 89.0 Å². The maximum absolute atomic E-state index is 13.9. The molecule has 0 spiro atoms. The molecule has 5 heterocycles. The Kier molecular flexibility index (Phi) is 11.1. The second kappa shape index (κ2) is 16.1. The fourth-order valence-electron chi connectivity index (χ4n) is 7.06. The van der Waals surface area contributed by atoms with Crippen LogP contribution in [-0.2, 0) is 34.1 Å². The molecule has 5 amide bonds. The summed E-state index contributed by atoms with van der Waals surface area (Å²) in [5.41, 5.74) is 1.68. The number of aromatic nitrogens is 4. The number of sulfonamides is 1. The number of urea groups is 1. The molecule has 0 saturated carbocycles. The smallest absolute Gasteiger partial charge is 0.371 e. The number of carbonyl (C=O) groups excluding carboxylic acids is 4. The van der Waals surface area contributed by atoms with Crippen LogP contribution in [0.1, 0.15) is 56.8 Å². The van der Waals surface area contributed by atoms with Gasteiger partial charge in [-0.25, -0.2) is 28.2 Å². The first-order valence-corrected chi connectivity index (χ1v) is 20.2. The number of nitrogens with one attached hydrogen (secondary N) is 3. The standard InChI is InChI=1S/C37H39F3N12O6S/c1-48(21-22-4-9-26-27(18-22)34(55)52(33(26)54)51-17-12-30(53)46-36(51)56)24-10-15-50(16-11-24)25-7-5-23(6-8-25)45-35-44-19-28(37(38,39)40)31(47-35)43-20-29-32(42-14-13-41-29)49(2)59(3,57)58/h4-9,13-14,18-19,24H,10-12,15-17,20-21H2,1-3H3,(H,46,53,56)(H2,43,44,45,47). The van der Waals surface area contributed by atoms with Gasteiger partial charge in [-0.2, -0.15) is 23.2 Å². The predicted octanol–water partition coefficient (Wildman–Crippen LogP) is 3.59. The van der Waals surface area contributed by atoms with Crippen molar-refractivity contribution >= 4 is 62.7 Å². The number of rotatable bonds is 12. The summed E-state index contributed by atoms with van der Waals surface area (Å²) in [6.45, 7) is 1.63. The monoisotopic (exact) mass is 836 g/mol. The largest absolute Gasteiger partial charge is 0.421 e. The van der Waals surface area contributed by atoms with E-state index in [0.717, 1.165) is 57.8 Å². The number of piperidine rings is 1. The third-order valence-corrected chi connectivity index (χ3v) is 11.4. The molecule has 3 aliphatic rings. The van der Waals surface area contributed by atoms with Crippen molar-refractivity contribution in [2.24, 2.45) is 0 Å². The van der Waals surface area contributed by atoms with Crippen molar-refractivity contribution in [2.75, 3.05) is 59.8 Å². The molecule has 3 N–H and O–H groups in total. The summed E-state index contributed by atoms with van der Waals surface area (Å²) in [5.74, 6) is -2.39. The number of halogens is 3. The summed E-state index contributed by atoms with van der Waals surface area (Å²) >= 11 is 0. The lowest BCUT2D eigenvalue weighted by Gasteiger charge is -2.38. The molecule has 310 valence electrons. The molecule has 3 aliphatic heterocycles. The van der Waals surface area contributed by atoms with Crippen molar-refractivity contribution in [3.63, 3.8) is 0 Å². The maximum Gasteiger partial charge on any atom is 0.421 e. The number of hydrogen-bond acceptors (Lipinski definition) is 14. The van der Waals surface area contributed by atoms with E-state index in [1.165, 1.54) is 19.4 Å². The Labute approximate surface area is 336 Å². The van der Waals surface area contributed by atoms with E-state index in [1.54, 1.807) is 30.3 Å². The minimum absolute atomic E-state index is 0.0237. The van der Waals surface area contributed by atoms with Crippen LogP contribution < -0.4 is 25.2 Å². The van der Waals surface area contributed by atoms with E-state index in [2.05, 4.69) is 45.7 Å². The van der Waals surface area contributed by atoms with Crippen LogP contribution in [0.25, 0.3) is 0 Å². The van der Waals surface area contributed by atoms with Gasteiger partial charge in [-0.15, -0.1) is 0 Å². The molecule has 0 aliphatic carbocycles. The van der Waals surface area contributed by atoms with Crippen LogP contribution in [0, 0.1) is 0 Å². The number of benzene rings is 2. The first-order valence-electron chi connectivity index (χ1n) is 18.3. The molecule has 2 saturated heterocycles. The second-order valence-electron chi connectivity index (χ2n) is 14.2. The molecule has 4 aromatic rings. The van der Waals surface area contributed by atoms with Crippen LogP contribution in [0.15, 0.2) is 61.1 Å². The summed E-state index contributed by atoms with van der Waals surface area (Å²) in [5, 5.41) is 9.45. The van der Waals surface area contributed by atoms with Crippen molar-refractivity contribution in [1.29, 1.82) is 0 Å². The van der Waals surface area contributed by atoms with Gasteiger partial charge in [0.25, 0.3) is 11.8 Å². The Hall–Kier alpha value is -6.42. The third kappa shape index (κ3) is 8.72. The number of hydrazine groups is 1. The zero-order valence-corrected chi connectivity index (χ0v) is 32.8. The third-order valence-electron chi connectivity index (χ3n) is 10.3. The fraction of sp³-hybridized carbons (Fsp3) is 0.351. The normalized spacial score (nSPS) is 16.4. The Morgan fingerprint density at radius 3 is 2.29 bits per heavy atom. The Balaban J connectivity index is 0.946. The Morgan fingerprint density at radius 2 is 1.61 bits per heavy atom. The van der Waals surface area contributed by atoms with Gasteiger partial charge in [0.15, 0.2) is 5.82 Å². The maximum atomic E-state index is 13.9. The summed E-state index contributed by atoms with van der Waals surface area (Å²) in [7, 11) is -0.461. The van der Waals surface area contributed by atoms with Gasteiger partial charge in [0, 0.05) is 69.1 Å². The zero-order valence-electron chi connectivity index (χ0n) is 32.0. The summed E-state index contributed by atoms with van der Waals surface area (Å²) < 4.78 is 66.8. The van der Waals surface area contributed by atoms with Gasteiger partial charge in [0.05, 0.1) is 30.5 Å². The molecule has 7 rings (SSSR count). The molecule has 22 heteroatoms. The first-order chi connectivity index (χ1) is 28.0. The van der Waals surface area contributed by atoms with E-state index in [0.29, 0.717) is 18.4 Å². The van der Waals surface area contributed by atoms with Crippen molar-refractivity contribution in [3.8, 4) is 0 Å². The number of hydrogen-bond donors (Lipinski definition) is 3. The Bertz CT molecular complexity index is 2410. The highest BCUT2D eigenvalue weighted by molar-refractivity contribution is 7.92. The van der Waals surface area contributed by atoms with E-state index in [-0.39, 0.29) is 54.1 Å². The number of alkyl halides is 3. The van der Waals surface area contributed by atoms with Gasteiger partial charge >= 0.3 is 12.2 Å². The van der Waals surface area contributed by atoms with Crippen LogP contribution >= 0.6 is 0 Å². The highest BCUT2D eigenvalue weighted by Crippen LogP contribution is 2.35. The van der Waals surface area contributed by atoms with E-state index < -0.39 is 51.3 Å². The van der Waals surface area contributed by atoms with Crippen LogP contribution in [0.2, 0.25) is 0 Å². The van der Waals surface area contributed by atoms with Crippen LogP contribution in [0.5, 0.6) is 0 Å². The highest BCUT2D eigenvalue weighted by atomic mass is 32.2. The minimum atomic E-state index is -4.79. The van der Waals surface area contributed by atoms with Crippen molar-refractivity contribution in [1.82, 2.24) is 40.2 Å². The van der Waals surface area contributed by atoms with Gasteiger partial charge < -0.3 is 15.5 Å². The van der Waals surface area contributed by atoms with Gasteiger partial charge in [0.2, 0.25) is 21.9 Å². The first kappa shape index (κ1) is 40.8. The highest BCUT2D eigenvalue weighted by Gasteiger charge is 2.43. The van der Waals surface area contributed by atoms with E-state index in [9.17, 15) is 40.8 Å². The molecule has 2 aromatic heterocycles. The predicted molar refractivity (Wildman–Crippen MR) is 208 cm³/mol. The average Bonchev–Trinajstić information content (AvgIpc) is 3.44. The number of anilines is 5. The molecular formula is C37H39F3N12O6S. The molecule has 2 aromatic carbocycles. The number of fused-ring (bicyclic) bond motifs is 1. The number of carbonyl (C=O) groups is 4. The van der Waals surface area contributed by atoms with Crippen LogP contribution in [-0.4, -0.2) is 113 Å². The van der Waals surface area contributed by atoms with E-state index in [4.69, 9.17) is 0 Å². The van der Waals surface area contributed by atoms with Gasteiger partial charge in [0.1, 0.15) is 17.1 Å². The van der Waals surface area contributed by atoms with E-state index >= 15 is 0 Å². The molecule has 0 radical (unpaired) electrons. The molecule has 0 bridgehead atoms. The van der Waals surface area contributed by atoms with Gasteiger partial charge in [-0.3, -0.25) is 33.9 Å². The average molecular weight is 837 g/mol. The number of nitrogens with zero attached hydrogens (tertiary/aromatic N) is 9. The minimum Gasteiger partial charge on any atom is -0.371 e. The van der Waals surface area contributed by atoms with E-state index in [1.807, 2.05) is 19.2 Å². The molecule has 59 heavy (non-hydrogen) atoms. The Morgan fingerprint density at radius 1 is 0.915 bits per heavy atom. The van der Waals surface area contributed by atoms with Crippen LogP contribution in [0.4, 0.5) is 46.9 Å². The second-order valence-corrected chi connectivity index (χ2v) is 16.2. The number of imide groups is 2. The topological polar surface area (TPSA) is 206 Å².